The third-order valence-corrected chi connectivity index (χ3v) is 7.97. The van der Waals surface area contributed by atoms with Crippen molar-refractivity contribution in [3.8, 4) is 5.75 Å². The Morgan fingerprint density at radius 1 is 1.35 bits per heavy atom. The third-order valence-electron chi connectivity index (χ3n) is 7.97. The molecule has 1 saturated carbocycles. The highest BCUT2D eigenvalue weighted by Gasteiger charge is 2.51. The maximum absolute atomic E-state index is 12.4. The van der Waals surface area contributed by atoms with Crippen molar-refractivity contribution < 1.29 is 19.4 Å². The average Bonchev–Trinajstić information content (AvgIpc) is 3.56. The number of esters is 1. The summed E-state index contributed by atoms with van der Waals surface area (Å²) in [4.78, 5) is 26.7. The summed E-state index contributed by atoms with van der Waals surface area (Å²) in [7, 11) is 1.33. The number of ether oxygens (including phenoxy) is 1. The van der Waals surface area contributed by atoms with E-state index in [0.29, 0.717) is 24.1 Å². The Bertz CT molecular complexity index is 837. The first-order chi connectivity index (χ1) is 14.8. The number of carbonyl (C=O) groups is 2. The molecule has 2 bridgehead atoms. The molecular weight excluding hydrogens is 392 g/mol. The highest BCUT2D eigenvalue weighted by molar-refractivity contribution is 5.84. The average molecular weight is 429 g/mol. The Morgan fingerprint density at radius 3 is 2.84 bits per heavy atom. The van der Waals surface area contributed by atoms with Crippen molar-refractivity contribution in [1.29, 1.82) is 0 Å². The van der Waals surface area contributed by atoms with E-state index in [9.17, 15) is 14.7 Å². The summed E-state index contributed by atoms with van der Waals surface area (Å²) in [5, 5.41) is 13.0. The van der Waals surface area contributed by atoms with Gasteiger partial charge in [0.05, 0.1) is 7.11 Å². The summed E-state index contributed by atoms with van der Waals surface area (Å²) in [6, 6.07) is 5.78. The number of rotatable bonds is 8. The molecule has 0 aromatic heterocycles. The predicted molar refractivity (Wildman–Crippen MR) is 119 cm³/mol. The lowest BCUT2D eigenvalue weighted by atomic mass is 9.56. The Labute approximate surface area is 185 Å². The molecule has 1 saturated heterocycles. The number of nitrogens with one attached hydrogen (secondary N) is 1. The zero-order chi connectivity index (χ0) is 22.2. The summed E-state index contributed by atoms with van der Waals surface area (Å²) in [5.74, 6) is 1.14. The summed E-state index contributed by atoms with van der Waals surface area (Å²) in [6.45, 7) is 6.32. The van der Waals surface area contributed by atoms with E-state index < -0.39 is 12.0 Å². The van der Waals surface area contributed by atoms with Gasteiger partial charge in [-0.2, -0.15) is 0 Å². The van der Waals surface area contributed by atoms with Gasteiger partial charge in [0.15, 0.2) is 0 Å². The van der Waals surface area contributed by atoms with Gasteiger partial charge in [-0.25, -0.2) is 4.79 Å². The molecule has 4 atom stereocenters. The number of hydrogen-bond acceptors (Lipinski definition) is 5. The van der Waals surface area contributed by atoms with Crippen LogP contribution in [0.5, 0.6) is 5.75 Å². The smallest absolute Gasteiger partial charge is 0.328 e. The monoisotopic (exact) mass is 428 g/mol. The number of methoxy groups -OCH3 is 1. The molecular formula is C25H36N2O4. The van der Waals surface area contributed by atoms with E-state index in [-0.39, 0.29) is 11.3 Å². The minimum atomic E-state index is -0.628. The zero-order valence-corrected chi connectivity index (χ0v) is 19.0. The van der Waals surface area contributed by atoms with Crippen molar-refractivity contribution in [1.82, 2.24) is 10.2 Å². The van der Waals surface area contributed by atoms with Crippen LogP contribution in [-0.2, 0) is 26.2 Å². The molecule has 0 spiro atoms. The molecule has 2 aliphatic carbocycles. The van der Waals surface area contributed by atoms with Gasteiger partial charge in [0.25, 0.3) is 0 Å². The predicted octanol–water partition coefficient (Wildman–Crippen LogP) is 3.15. The van der Waals surface area contributed by atoms with Gasteiger partial charge < -0.3 is 15.2 Å². The Balaban J connectivity index is 1.48. The molecule has 1 aliphatic heterocycles. The number of likely N-dealkylation sites (tertiary alicyclic amines) is 1. The van der Waals surface area contributed by atoms with Crippen LogP contribution in [0.25, 0.3) is 0 Å². The molecule has 2 N–H and O–H groups in total. The van der Waals surface area contributed by atoms with Crippen LogP contribution in [0.1, 0.15) is 63.5 Å². The maximum Gasteiger partial charge on any atom is 0.328 e. The SMILES string of the molecule is COC(=O)[C@H](C)NC(=O)CCCC12CCN(CC3CC3)[C@H](Cc3ccc(O)cc31)[C@@H]2C. The van der Waals surface area contributed by atoms with Crippen LogP contribution in [0.4, 0.5) is 0 Å². The second-order valence-corrected chi connectivity index (χ2v) is 9.91. The van der Waals surface area contributed by atoms with E-state index >= 15 is 0 Å². The van der Waals surface area contributed by atoms with Crippen LogP contribution in [-0.4, -0.2) is 54.2 Å². The zero-order valence-electron chi connectivity index (χ0n) is 19.0. The summed E-state index contributed by atoms with van der Waals surface area (Å²) in [6.07, 6.45) is 6.91. The fourth-order valence-corrected chi connectivity index (χ4v) is 6.00. The Hall–Kier alpha value is -2.08. The molecule has 170 valence electrons. The van der Waals surface area contributed by atoms with Crippen molar-refractivity contribution in [2.24, 2.45) is 11.8 Å². The number of piperidine rings is 1. The van der Waals surface area contributed by atoms with Crippen molar-refractivity contribution in [3.05, 3.63) is 29.3 Å². The number of aromatic hydroxyl groups is 1. The number of carbonyl (C=O) groups excluding carboxylic acids is 2. The van der Waals surface area contributed by atoms with Crippen LogP contribution < -0.4 is 5.32 Å². The van der Waals surface area contributed by atoms with Gasteiger partial charge >= 0.3 is 5.97 Å². The van der Waals surface area contributed by atoms with Gasteiger partial charge in [-0.15, -0.1) is 0 Å². The molecule has 3 aliphatic rings. The van der Waals surface area contributed by atoms with Crippen LogP contribution in [0.3, 0.4) is 0 Å². The molecule has 31 heavy (non-hydrogen) atoms. The largest absolute Gasteiger partial charge is 0.508 e. The van der Waals surface area contributed by atoms with E-state index in [4.69, 9.17) is 0 Å². The van der Waals surface area contributed by atoms with Crippen molar-refractivity contribution in [3.63, 3.8) is 0 Å². The van der Waals surface area contributed by atoms with E-state index in [1.165, 1.54) is 37.6 Å². The normalized spacial score (nSPS) is 28.5. The summed E-state index contributed by atoms with van der Waals surface area (Å²) < 4.78 is 4.69. The van der Waals surface area contributed by atoms with Gasteiger partial charge in [0, 0.05) is 24.4 Å². The Kier molecular flexibility index (Phi) is 6.29. The van der Waals surface area contributed by atoms with Gasteiger partial charge in [-0.05, 0) is 87.1 Å². The van der Waals surface area contributed by atoms with E-state index in [1.54, 1.807) is 6.92 Å². The number of phenolic OH excluding ortho intramolecular Hbond substituents is 1. The number of fused-ring (bicyclic) bond motifs is 4. The fourth-order valence-electron chi connectivity index (χ4n) is 6.00. The second kappa shape index (κ2) is 8.81. The number of benzene rings is 1. The fraction of sp³-hybridized carbons (Fsp3) is 0.680. The second-order valence-electron chi connectivity index (χ2n) is 9.91. The first kappa shape index (κ1) is 22.1. The molecule has 6 heteroatoms. The summed E-state index contributed by atoms with van der Waals surface area (Å²) >= 11 is 0. The first-order valence-corrected chi connectivity index (χ1v) is 11.8. The van der Waals surface area contributed by atoms with Gasteiger partial charge in [0.2, 0.25) is 5.91 Å². The van der Waals surface area contributed by atoms with E-state index in [0.717, 1.165) is 38.1 Å². The molecule has 6 nitrogen and oxygen atoms in total. The van der Waals surface area contributed by atoms with Crippen LogP contribution >= 0.6 is 0 Å². The number of phenols is 1. The molecule has 0 radical (unpaired) electrons. The van der Waals surface area contributed by atoms with E-state index in [1.807, 2.05) is 12.1 Å². The molecule has 4 rings (SSSR count). The summed E-state index contributed by atoms with van der Waals surface area (Å²) in [5.41, 5.74) is 2.63. The van der Waals surface area contributed by atoms with Crippen molar-refractivity contribution in [2.75, 3.05) is 20.2 Å². The Morgan fingerprint density at radius 2 is 2.13 bits per heavy atom. The quantitative estimate of drug-likeness (QED) is 0.622. The maximum atomic E-state index is 12.4. The number of hydrogen-bond donors (Lipinski definition) is 2. The molecule has 1 heterocycles. The molecule has 2 fully saturated rings. The van der Waals surface area contributed by atoms with Crippen molar-refractivity contribution >= 4 is 11.9 Å². The van der Waals surface area contributed by atoms with Crippen LogP contribution in [0, 0.1) is 11.8 Å². The van der Waals surface area contributed by atoms with Crippen LogP contribution in [0.2, 0.25) is 0 Å². The minimum Gasteiger partial charge on any atom is -0.508 e. The highest BCUT2D eigenvalue weighted by Crippen LogP contribution is 2.52. The lowest BCUT2D eigenvalue weighted by Gasteiger charge is -2.56. The molecule has 1 aromatic carbocycles. The lowest BCUT2D eigenvalue weighted by molar-refractivity contribution is -0.144. The number of nitrogens with zero attached hydrogens (tertiary/aromatic N) is 1. The standard InChI is InChI=1S/C25H36N2O4/c1-16-22-13-19-8-9-20(28)14-21(19)25(16,11-12-27(22)15-18-6-7-18)10-4-5-23(29)26-17(2)24(30)31-3/h8-9,14,16-18,22,28H,4-7,10-13,15H2,1-3H3,(H,26,29)/t16-,17-,22+,25?/m0/s1. The first-order valence-electron chi connectivity index (χ1n) is 11.8. The molecule has 1 unspecified atom stereocenters. The van der Waals surface area contributed by atoms with Gasteiger partial charge in [-0.1, -0.05) is 13.0 Å². The minimum absolute atomic E-state index is 0.00864. The topological polar surface area (TPSA) is 78.9 Å². The molecule has 1 amide bonds. The highest BCUT2D eigenvalue weighted by atomic mass is 16.5. The van der Waals surface area contributed by atoms with Gasteiger partial charge in [-0.3, -0.25) is 9.69 Å². The number of amides is 1. The van der Waals surface area contributed by atoms with Crippen LogP contribution in [0.15, 0.2) is 18.2 Å². The molecule has 1 aromatic rings. The van der Waals surface area contributed by atoms with Gasteiger partial charge in [0.1, 0.15) is 11.8 Å². The third kappa shape index (κ3) is 4.45. The van der Waals surface area contributed by atoms with E-state index in [2.05, 4.69) is 27.9 Å². The van der Waals surface area contributed by atoms with Crippen molar-refractivity contribution in [2.45, 2.75) is 76.3 Å². The lowest BCUT2D eigenvalue weighted by Crippen LogP contribution is -2.59.